The lowest BCUT2D eigenvalue weighted by Gasteiger charge is -2.06. The number of halogens is 1. The van der Waals surface area contributed by atoms with E-state index >= 15 is 0 Å². The second-order valence-electron chi connectivity index (χ2n) is 3.14. The normalized spacial score (nSPS) is 9.47. The van der Waals surface area contributed by atoms with E-state index in [9.17, 15) is 4.79 Å². The fourth-order valence-electron chi connectivity index (χ4n) is 1.27. The average Bonchev–Trinajstić information content (AvgIpc) is 2.21. The molecule has 3 nitrogen and oxygen atoms in total. The van der Waals surface area contributed by atoms with Crippen molar-refractivity contribution in [1.29, 1.82) is 5.26 Å². The number of carbonyl (C=O) groups excluding carboxylic acids is 1. The molecule has 1 aromatic rings. The van der Waals surface area contributed by atoms with Crippen LogP contribution in [0.2, 0.25) is 0 Å². The highest BCUT2D eigenvalue weighted by molar-refractivity contribution is 9.10. The van der Waals surface area contributed by atoms with Gasteiger partial charge in [0, 0.05) is 4.47 Å². The van der Waals surface area contributed by atoms with Gasteiger partial charge in [-0.1, -0.05) is 15.9 Å². The molecule has 0 aliphatic rings. The van der Waals surface area contributed by atoms with Gasteiger partial charge in [0.2, 0.25) is 0 Å². The summed E-state index contributed by atoms with van der Waals surface area (Å²) in [7, 11) is 1.33. The van der Waals surface area contributed by atoms with Crippen LogP contribution in [0.15, 0.2) is 16.6 Å². The Labute approximate surface area is 96.8 Å². The summed E-state index contributed by atoms with van der Waals surface area (Å²) in [4.78, 5) is 11.1. The van der Waals surface area contributed by atoms with E-state index < -0.39 is 0 Å². The highest BCUT2D eigenvalue weighted by Gasteiger charge is 2.12. The van der Waals surface area contributed by atoms with E-state index in [1.807, 2.05) is 13.0 Å². The molecule has 0 aromatic heterocycles. The molecule has 1 rings (SSSR count). The molecular weight excluding hydrogens is 258 g/mol. The SMILES string of the molecule is COC(=O)Cc1c(Br)cc(C)cc1C#N. The molecule has 0 aliphatic carbocycles. The van der Waals surface area contributed by atoms with Gasteiger partial charge >= 0.3 is 5.97 Å². The number of methoxy groups -OCH3 is 1. The van der Waals surface area contributed by atoms with E-state index in [1.165, 1.54) is 7.11 Å². The van der Waals surface area contributed by atoms with E-state index in [1.54, 1.807) is 6.07 Å². The minimum absolute atomic E-state index is 0.111. The van der Waals surface area contributed by atoms with Crippen molar-refractivity contribution in [3.05, 3.63) is 33.3 Å². The van der Waals surface area contributed by atoms with Crippen LogP contribution in [-0.2, 0) is 16.0 Å². The van der Waals surface area contributed by atoms with Crippen molar-refractivity contribution >= 4 is 21.9 Å². The summed E-state index contributed by atoms with van der Waals surface area (Å²) in [5.41, 5.74) is 2.16. The average molecular weight is 268 g/mol. The molecule has 15 heavy (non-hydrogen) atoms. The highest BCUT2D eigenvalue weighted by Crippen LogP contribution is 2.23. The van der Waals surface area contributed by atoms with E-state index in [2.05, 4.69) is 26.7 Å². The van der Waals surface area contributed by atoms with Crippen LogP contribution in [0.5, 0.6) is 0 Å². The van der Waals surface area contributed by atoms with E-state index in [-0.39, 0.29) is 12.4 Å². The first kappa shape index (κ1) is 11.7. The smallest absolute Gasteiger partial charge is 0.310 e. The minimum atomic E-state index is -0.351. The Balaban J connectivity index is 3.17. The first-order valence-corrected chi connectivity index (χ1v) is 5.13. The lowest BCUT2D eigenvalue weighted by Crippen LogP contribution is -2.07. The summed E-state index contributed by atoms with van der Waals surface area (Å²) in [6.45, 7) is 1.90. The Morgan fingerprint density at radius 2 is 2.27 bits per heavy atom. The van der Waals surface area contributed by atoms with Gasteiger partial charge in [0.15, 0.2) is 0 Å². The molecule has 0 saturated carbocycles. The molecule has 0 saturated heterocycles. The Morgan fingerprint density at radius 1 is 1.60 bits per heavy atom. The van der Waals surface area contributed by atoms with Crippen LogP contribution in [0.25, 0.3) is 0 Å². The number of ether oxygens (including phenoxy) is 1. The molecule has 0 unspecified atom stereocenters. The molecular formula is C11H10BrNO2. The predicted molar refractivity (Wildman–Crippen MR) is 59.3 cm³/mol. The van der Waals surface area contributed by atoms with Crippen LogP contribution in [0.3, 0.4) is 0 Å². The van der Waals surface area contributed by atoms with Crippen LogP contribution in [-0.4, -0.2) is 13.1 Å². The number of nitrogens with zero attached hydrogens (tertiary/aromatic N) is 1. The number of hydrogen-bond acceptors (Lipinski definition) is 3. The zero-order chi connectivity index (χ0) is 11.4. The molecule has 0 atom stereocenters. The third-order valence-corrected chi connectivity index (χ3v) is 2.72. The van der Waals surface area contributed by atoms with Gasteiger partial charge in [0.05, 0.1) is 25.2 Å². The van der Waals surface area contributed by atoms with Crippen LogP contribution in [0, 0.1) is 18.3 Å². The molecule has 0 amide bonds. The second kappa shape index (κ2) is 4.94. The maximum Gasteiger partial charge on any atom is 0.310 e. The first-order chi connectivity index (χ1) is 7.08. The van der Waals surface area contributed by atoms with Crippen molar-refractivity contribution in [3.63, 3.8) is 0 Å². The summed E-state index contributed by atoms with van der Waals surface area (Å²) in [6, 6.07) is 5.70. The van der Waals surface area contributed by atoms with Gasteiger partial charge in [-0.05, 0) is 30.2 Å². The summed E-state index contributed by atoms with van der Waals surface area (Å²) in [5, 5.41) is 8.93. The van der Waals surface area contributed by atoms with Crippen LogP contribution in [0.1, 0.15) is 16.7 Å². The van der Waals surface area contributed by atoms with E-state index in [4.69, 9.17) is 5.26 Å². The van der Waals surface area contributed by atoms with Gasteiger partial charge in [-0.2, -0.15) is 5.26 Å². The Kier molecular flexibility index (Phi) is 3.87. The second-order valence-corrected chi connectivity index (χ2v) is 3.99. The molecule has 0 spiro atoms. The van der Waals surface area contributed by atoms with Gasteiger partial charge in [-0.3, -0.25) is 4.79 Å². The summed E-state index contributed by atoms with van der Waals surface area (Å²) < 4.78 is 5.34. The summed E-state index contributed by atoms with van der Waals surface area (Å²) >= 11 is 3.34. The summed E-state index contributed by atoms with van der Waals surface area (Å²) in [5.74, 6) is -0.351. The third-order valence-electron chi connectivity index (χ3n) is 2.01. The van der Waals surface area contributed by atoms with Gasteiger partial charge in [-0.15, -0.1) is 0 Å². The van der Waals surface area contributed by atoms with E-state index in [0.717, 1.165) is 10.0 Å². The molecule has 0 aliphatic heterocycles. The maximum absolute atomic E-state index is 11.1. The van der Waals surface area contributed by atoms with Crippen molar-refractivity contribution in [2.75, 3.05) is 7.11 Å². The fraction of sp³-hybridized carbons (Fsp3) is 0.273. The number of carbonyl (C=O) groups is 1. The summed E-state index contributed by atoms with van der Waals surface area (Å²) in [6.07, 6.45) is 0.111. The maximum atomic E-state index is 11.1. The molecule has 1 aromatic carbocycles. The Hall–Kier alpha value is -1.34. The molecule has 0 bridgehead atoms. The molecule has 0 fully saturated rings. The van der Waals surface area contributed by atoms with Crippen molar-refractivity contribution in [2.45, 2.75) is 13.3 Å². The number of esters is 1. The molecule has 78 valence electrons. The molecule has 0 radical (unpaired) electrons. The highest BCUT2D eigenvalue weighted by atomic mass is 79.9. The van der Waals surface area contributed by atoms with Crippen LogP contribution >= 0.6 is 15.9 Å². The topological polar surface area (TPSA) is 50.1 Å². The Morgan fingerprint density at radius 3 is 2.80 bits per heavy atom. The zero-order valence-electron chi connectivity index (χ0n) is 8.50. The van der Waals surface area contributed by atoms with Crippen molar-refractivity contribution in [2.24, 2.45) is 0 Å². The van der Waals surface area contributed by atoms with Crippen molar-refractivity contribution in [3.8, 4) is 6.07 Å². The van der Waals surface area contributed by atoms with E-state index in [0.29, 0.717) is 11.1 Å². The number of nitriles is 1. The fourth-order valence-corrected chi connectivity index (χ4v) is 1.98. The predicted octanol–water partition coefficient (Wildman–Crippen LogP) is 2.34. The van der Waals surface area contributed by atoms with Gasteiger partial charge in [0.25, 0.3) is 0 Å². The van der Waals surface area contributed by atoms with Gasteiger partial charge in [-0.25, -0.2) is 0 Å². The third kappa shape index (κ3) is 2.80. The van der Waals surface area contributed by atoms with Gasteiger partial charge < -0.3 is 4.74 Å². The van der Waals surface area contributed by atoms with Crippen molar-refractivity contribution in [1.82, 2.24) is 0 Å². The van der Waals surface area contributed by atoms with Gasteiger partial charge in [0.1, 0.15) is 0 Å². The lowest BCUT2D eigenvalue weighted by atomic mass is 10.0. The number of hydrogen-bond donors (Lipinski definition) is 0. The van der Waals surface area contributed by atoms with Crippen molar-refractivity contribution < 1.29 is 9.53 Å². The lowest BCUT2D eigenvalue weighted by molar-refractivity contribution is -0.139. The molecule has 0 N–H and O–H groups in total. The standard InChI is InChI=1S/C11H10BrNO2/c1-7-3-8(6-13)9(10(12)4-7)5-11(14)15-2/h3-4H,5H2,1-2H3. The van der Waals surface area contributed by atoms with Crippen LogP contribution < -0.4 is 0 Å². The largest absolute Gasteiger partial charge is 0.469 e. The molecule has 0 heterocycles. The monoisotopic (exact) mass is 267 g/mol. The minimum Gasteiger partial charge on any atom is -0.469 e. The number of rotatable bonds is 2. The quantitative estimate of drug-likeness (QED) is 0.773. The number of benzene rings is 1. The Bertz CT molecular complexity index is 435. The van der Waals surface area contributed by atoms with Crippen LogP contribution in [0.4, 0.5) is 0 Å². The molecule has 4 heteroatoms. The first-order valence-electron chi connectivity index (χ1n) is 4.34. The number of aryl methyl sites for hydroxylation is 1. The zero-order valence-corrected chi connectivity index (χ0v) is 10.1.